The number of methoxy groups -OCH3 is 1. The van der Waals surface area contributed by atoms with Crippen LogP contribution in [-0.4, -0.2) is 39.5 Å². The second-order valence-electron chi connectivity index (χ2n) is 4.69. The second kappa shape index (κ2) is 6.74. The lowest BCUT2D eigenvalue weighted by atomic mass is 9.95. The van der Waals surface area contributed by atoms with Crippen LogP contribution < -0.4 is 10.1 Å². The number of hydrogen-bond acceptors (Lipinski definition) is 7. The topological polar surface area (TPSA) is 90.2 Å². The van der Waals surface area contributed by atoms with Gasteiger partial charge in [-0.15, -0.1) is 0 Å². The zero-order chi connectivity index (χ0) is 14.5. The first-order valence-corrected chi connectivity index (χ1v) is 7.77. The van der Waals surface area contributed by atoms with Gasteiger partial charge >= 0.3 is 5.69 Å². The molecule has 1 aromatic heterocycles. The molecule has 0 saturated heterocycles. The van der Waals surface area contributed by atoms with Gasteiger partial charge in [-0.1, -0.05) is 0 Å². The molecule has 2 rings (SSSR count). The molecule has 8 heteroatoms. The molecule has 0 aromatic carbocycles. The number of thioether (sulfide) groups is 1. The van der Waals surface area contributed by atoms with Gasteiger partial charge in [-0.05, 0) is 31.9 Å². The van der Waals surface area contributed by atoms with Crippen molar-refractivity contribution in [3.05, 3.63) is 16.4 Å². The highest BCUT2D eigenvalue weighted by atomic mass is 32.2. The molecule has 1 saturated carbocycles. The minimum atomic E-state index is -0.505. The van der Waals surface area contributed by atoms with E-state index in [1.807, 2.05) is 11.8 Å². The molecule has 1 heterocycles. The van der Waals surface area contributed by atoms with Crippen molar-refractivity contribution in [1.29, 1.82) is 0 Å². The predicted molar refractivity (Wildman–Crippen MR) is 78.4 cm³/mol. The van der Waals surface area contributed by atoms with E-state index < -0.39 is 4.92 Å². The minimum Gasteiger partial charge on any atom is -0.476 e. The van der Waals surface area contributed by atoms with Gasteiger partial charge in [-0.25, -0.2) is 4.98 Å². The average molecular weight is 298 g/mol. The van der Waals surface area contributed by atoms with Gasteiger partial charge in [0.05, 0.1) is 12.0 Å². The van der Waals surface area contributed by atoms with Crippen molar-refractivity contribution < 1.29 is 9.66 Å². The summed E-state index contributed by atoms with van der Waals surface area (Å²) < 4.78 is 4.93. The molecule has 7 nitrogen and oxygen atoms in total. The van der Waals surface area contributed by atoms with Gasteiger partial charge in [0.1, 0.15) is 6.33 Å². The molecular weight excluding hydrogens is 280 g/mol. The van der Waals surface area contributed by atoms with E-state index in [2.05, 4.69) is 21.5 Å². The van der Waals surface area contributed by atoms with E-state index in [9.17, 15) is 10.1 Å². The monoisotopic (exact) mass is 298 g/mol. The van der Waals surface area contributed by atoms with Gasteiger partial charge in [0, 0.05) is 11.3 Å². The van der Waals surface area contributed by atoms with E-state index >= 15 is 0 Å². The first kappa shape index (κ1) is 14.8. The molecular formula is C12H18N4O3S. The smallest absolute Gasteiger partial charge is 0.372 e. The summed E-state index contributed by atoms with van der Waals surface area (Å²) in [5, 5.41) is 15.0. The molecule has 0 bridgehead atoms. The molecule has 0 unspecified atom stereocenters. The maximum absolute atomic E-state index is 11.1. The van der Waals surface area contributed by atoms with Gasteiger partial charge in [-0.2, -0.15) is 16.7 Å². The summed E-state index contributed by atoms with van der Waals surface area (Å²) in [4.78, 5) is 18.4. The van der Waals surface area contributed by atoms with Crippen molar-refractivity contribution in [3.8, 4) is 5.88 Å². The van der Waals surface area contributed by atoms with E-state index in [1.165, 1.54) is 13.4 Å². The Hall–Kier alpha value is -1.57. The summed E-state index contributed by atoms with van der Waals surface area (Å²) in [7, 11) is 1.36. The zero-order valence-electron chi connectivity index (χ0n) is 11.5. The fourth-order valence-corrected chi connectivity index (χ4v) is 3.16. The molecule has 0 radical (unpaired) electrons. The summed E-state index contributed by atoms with van der Waals surface area (Å²) in [6.07, 6.45) is 7.63. The molecule has 0 spiro atoms. The van der Waals surface area contributed by atoms with Crippen LogP contribution in [-0.2, 0) is 0 Å². The van der Waals surface area contributed by atoms with Crippen molar-refractivity contribution in [2.75, 3.05) is 18.7 Å². The Morgan fingerprint density at radius 2 is 2.10 bits per heavy atom. The number of nitro groups is 1. The Kier molecular flexibility index (Phi) is 4.99. The predicted octanol–water partition coefficient (Wildman–Crippen LogP) is 2.48. The van der Waals surface area contributed by atoms with Gasteiger partial charge in [-0.3, -0.25) is 10.1 Å². The molecule has 20 heavy (non-hydrogen) atoms. The van der Waals surface area contributed by atoms with E-state index in [0.717, 1.165) is 25.7 Å². The summed E-state index contributed by atoms with van der Waals surface area (Å²) in [5.74, 6) is 0.236. The number of nitrogens with zero attached hydrogens (tertiary/aromatic N) is 3. The van der Waals surface area contributed by atoms with E-state index in [-0.39, 0.29) is 23.4 Å². The molecule has 1 aliphatic rings. The maximum Gasteiger partial charge on any atom is 0.372 e. The van der Waals surface area contributed by atoms with Crippen LogP contribution in [0.25, 0.3) is 0 Å². The third-order valence-electron chi connectivity index (χ3n) is 3.51. The first-order valence-electron chi connectivity index (χ1n) is 6.48. The highest BCUT2D eigenvalue weighted by molar-refractivity contribution is 7.99. The summed E-state index contributed by atoms with van der Waals surface area (Å²) in [6, 6.07) is 0.219. The fraction of sp³-hybridized carbons (Fsp3) is 0.667. The Morgan fingerprint density at radius 1 is 1.40 bits per heavy atom. The summed E-state index contributed by atoms with van der Waals surface area (Å²) >= 11 is 1.89. The Bertz CT molecular complexity index is 478. The van der Waals surface area contributed by atoms with Gasteiger partial charge in [0.15, 0.2) is 0 Å². The Balaban J connectivity index is 2.12. The number of nitrogens with one attached hydrogen (secondary N) is 1. The minimum absolute atomic E-state index is 0.00898. The van der Waals surface area contributed by atoms with Crippen LogP contribution in [0.2, 0.25) is 0 Å². The second-order valence-corrected chi connectivity index (χ2v) is 5.83. The highest BCUT2D eigenvalue weighted by Gasteiger charge is 2.27. The van der Waals surface area contributed by atoms with E-state index in [1.54, 1.807) is 0 Å². The number of hydrogen-bond donors (Lipinski definition) is 1. The van der Waals surface area contributed by atoms with Crippen molar-refractivity contribution in [1.82, 2.24) is 9.97 Å². The van der Waals surface area contributed by atoms with Gasteiger partial charge in [0.25, 0.3) is 5.88 Å². The van der Waals surface area contributed by atoms with Crippen molar-refractivity contribution >= 4 is 23.3 Å². The van der Waals surface area contributed by atoms with Crippen molar-refractivity contribution in [2.24, 2.45) is 0 Å². The van der Waals surface area contributed by atoms with Crippen LogP contribution in [0.15, 0.2) is 6.33 Å². The maximum atomic E-state index is 11.1. The molecule has 1 aromatic rings. The van der Waals surface area contributed by atoms with Crippen LogP contribution in [0.1, 0.15) is 25.7 Å². The summed E-state index contributed by atoms with van der Waals surface area (Å²) in [6.45, 7) is 0. The number of ether oxygens (including phenoxy) is 1. The fourth-order valence-electron chi connectivity index (χ4n) is 2.42. The largest absolute Gasteiger partial charge is 0.476 e. The lowest BCUT2D eigenvalue weighted by Gasteiger charge is -2.28. The van der Waals surface area contributed by atoms with Gasteiger partial charge < -0.3 is 10.1 Å². The van der Waals surface area contributed by atoms with Crippen LogP contribution >= 0.6 is 11.8 Å². The van der Waals surface area contributed by atoms with Crippen molar-refractivity contribution in [2.45, 2.75) is 37.0 Å². The number of anilines is 1. The zero-order valence-corrected chi connectivity index (χ0v) is 12.4. The molecule has 0 atom stereocenters. The van der Waals surface area contributed by atoms with Crippen LogP contribution in [0.5, 0.6) is 5.88 Å². The number of aromatic nitrogens is 2. The summed E-state index contributed by atoms with van der Waals surface area (Å²) in [5.41, 5.74) is -0.193. The number of rotatable bonds is 5. The van der Waals surface area contributed by atoms with Crippen LogP contribution in [0.3, 0.4) is 0 Å². The van der Waals surface area contributed by atoms with E-state index in [4.69, 9.17) is 4.74 Å². The quantitative estimate of drug-likeness (QED) is 0.659. The van der Waals surface area contributed by atoms with E-state index in [0.29, 0.717) is 5.25 Å². The normalized spacial score (nSPS) is 22.3. The lowest BCUT2D eigenvalue weighted by Crippen LogP contribution is -2.27. The third kappa shape index (κ3) is 3.30. The standard InChI is InChI=1S/C12H18N4O3S/c1-19-12-10(16(17)18)11(13-7-14-12)15-8-3-5-9(20-2)6-4-8/h7-9H,3-6H2,1-2H3,(H,13,14,15). The molecule has 1 N–H and O–H groups in total. The Labute approximate surface area is 121 Å². The van der Waals surface area contributed by atoms with Crippen LogP contribution in [0, 0.1) is 10.1 Å². The third-order valence-corrected chi connectivity index (χ3v) is 4.65. The molecule has 1 fully saturated rings. The first-order chi connectivity index (χ1) is 9.65. The molecule has 110 valence electrons. The molecule has 0 amide bonds. The van der Waals surface area contributed by atoms with Crippen molar-refractivity contribution in [3.63, 3.8) is 0 Å². The lowest BCUT2D eigenvalue weighted by molar-refractivity contribution is -0.385. The Morgan fingerprint density at radius 3 is 2.65 bits per heavy atom. The highest BCUT2D eigenvalue weighted by Crippen LogP contribution is 2.33. The SMILES string of the molecule is COc1ncnc(NC2CCC(SC)CC2)c1[N+](=O)[O-]. The van der Waals surface area contributed by atoms with Crippen LogP contribution in [0.4, 0.5) is 11.5 Å². The van der Waals surface area contributed by atoms with Gasteiger partial charge in [0.2, 0.25) is 5.82 Å². The molecule has 1 aliphatic carbocycles. The molecule has 0 aliphatic heterocycles. The average Bonchev–Trinajstić information content (AvgIpc) is 2.47.